The Morgan fingerprint density at radius 2 is 1.78 bits per heavy atom. The van der Waals surface area contributed by atoms with Crippen LogP contribution in [0.3, 0.4) is 0 Å². The van der Waals surface area contributed by atoms with Crippen molar-refractivity contribution in [2.24, 2.45) is 44.8 Å². The van der Waals surface area contributed by atoms with Crippen LogP contribution in [0.2, 0.25) is 0 Å². The summed E-state index contributed by atoms with van der Waals surface area (Å²) < 4.78 is 0. The van der Waals surface area contributed by atoms with Crippen LogP contribution in [-0.4, -0.2) is 18.0 Å². The van der Waals surface area contributed by atoms with Gasteiger partial charge in [0.1, 0.15) is 12.4 Å². The molecule has 3 aliphatic rings. The van der Waals surface area contributed by atoms with E-state index in [1.807, 2.05) is 19.9 Å². The molecule has 198 valence electrons. The first kappa shape index (κ1) is 28.3. The second-order valence-electron chi connectivity index (χ2n) is 13.8. The number of carbonyl (C=O) groups excluding carboxylic acids is 3. The summed E-state index contributed by atoms with van der Waals surface area (Å²) in [6.07, 6.45) is 11.2. The molecule has 6 nitrogen and oxygen atoms in total. The maximum absolute atomic E-state index is 13.1. The summed E-state index contributed by atoms with van der Waals surface area (Å²) >= 11 is 0. The first-order valence-electron chi connectivity index (χ1n) is 13.5. The summed E-state index contributed by atoms with van der Waals surface area (Å²) in [4.78, 5) is 38.0. The number of nitrogens with zero attached hydrogens (tertiary/aromatic N) is 1. The van der Waals surface area contributed by atoms with Gasteiger partial charge >= 0.3 is 0 Å². The van der Waals surface area contributed by atoms with E-state index in [9.17, 15) is 19.6 Å². The lowest BCUT2D eigenvalue weighted by atomic mass is 9.43. The zero-order valence-electron chi connectivity index (χ0n) is 23.3. The maximum atomic E-state index is 13.1. The second-order valence-corrected chi connectivity index (χ2v) is 13.8. The number of hydrogen-bond acceptors (Lipinski definition) is 5. The van der Waals surface area contributed by atoms with E-state index in [-0.39, 0.29) is 34.0 Å². The number of nitriles is 1. The van der Waals surface area contributed by atoms with Crippen LogP contribution in [0.4, 0.5) is 0 Å². The van der Waals surface area contributed by atoms with Crippen molar-refractivity contribution in [1.82, 2.24) is 5.43 Å². The molecule has 0 aliphatic heterocycles. The van der Waals surface area contributed by atoms with Crippen LogP contribution in [-0.2, 0) is 14.4 Å². The van der Waals surface area contributed by atoms with E-state index in [4.69, 9.17) is 5.84 Å². The molecular weight excluding hydrogens is 450 g/mol. The van der Waals surface area contributed by atoms with Gasteiger partial charge in [-0.2, -0.15) is 5.26 Å². The van der Waals surface area contributed by atoms with E-state index >= 15 is 0 Å². The Morgan fingerprint density at radius 3 is 2.28 bits per heavy atom. The minimum absolute atomic E-state index is 0.0198. The molecule has 3 N–H and O–H groups in total. The van der Waals surface area contributed by atoms with Gasteiger partial charge in [-0.3, -0.25) is 19.8 Å². The van der Waals surface area contributed by atoms with Gasteiger partial charge in [0, 0.05) is 10.8 Å². The lowest BCUT2D eigenvalue weighted by Crippen LogP contribution is -2.55. The van der Waals surface area contributed by atoms with Crippen molar-refractivity contribution in [1.29, 1.82) is 5.26 Å². The molecule has 3 atom stereocenters. The number of rotatable bonds is 5. The average molecular weight is 496 g/mol. The molecule has 0 aromatic heterocycles. The third kappa shape index (κ3) is 4.60. The number of carbonyl (C=O) groups is 3. The van der Waals surface area contributed by atoms with E-state index in [1.165, 1.54) is 0 Å². The molecule has 0 saturated heterocycles. The molecule has 3 aliphatic carbocycles. The Hall–Kier alpha value is -2.26. The lowest BCUT2D eigenvalue weighted by molar-refractivity contribution is -0.135. The van der Waals surface area contributed by atoms with Gasteiger partial charge in [-0.05, 0) is 80.1 Å². The molecule has 2 fully saturated rings. The number of Topliss-reactive ketones (excluding diaryl/α,β-unsaturated/α-hetero) is 1. The van der Waals surface area contributed by atoms with E-state index in [1.54, 1.807) is 6.08 Å². The largest absolute Gasteiger partial charge is 0.299 e. The van der Waals surface area contributed by atoms with Crippen LogP contribution in [0.15, 0.2) is 23.3 Å². The van der Waals surface area contributed by atoms with Crippen LogP contribution in [0, 0.1) is 50.2 Å². The lowest BCUT2D eigenvalue weighted by Gasteiger charge is -2.59. The van der Waals surface area contributed by atoms with E-state index in [0.29, 0.717) is 5.92 Å². The van der Waals surface area contributed by atoms with Crippen molar-refractivity contribution in [2.45, 2.75) is 99.8 Å². The van der Waals surface area contributed by atoms with Crippen molar-refractivity contribution in [3.63, 3.8) is 0 Å². The minimum atomic E-state index is -0.675. The normalized spacial score (nSPS) is 37.5. The molecule has 0 aromatic carbocycles. The number of amides is 1. The molecule has 3 rings (SSSR count). The SMILES string of the molecule is CC(C)(C)CCC1(C(=O)NN)CCC(C2(C)CC[C@H]3C(C)(C)C(=O)C(C#N)=C[C@]3(C)/C2=C/C=O)CC1. The molecule has 36 heavy (non-hydrogen) atoms. The van der Waals surface area contributed by atoms with Gasteiger partial charge in [-0.15, -0.1) is 0 Å². The first-order valence-corrected chi connectivity index (χ1v) is 13.5. The molecule has 2 saturated carbocycles. The topological polar surface area (TPSA) is 113 Å². The third-order valence-electron chi connectivity index (χ3n) is 10.2. The smallest absolute Gasteiger partial charge is 0.240 e. The van der Waals surface area contributed by atoms with Crippen LogP contribution in [0.1, 0.15) is 99.8 Å². The highest BCUT2D eigenvalue weighted by Gasteiger charge is 2.60. The van der Waals surface area contributed by atoms with E-state index < -0.39 is 16.2 Å². The van der Waals surface area contributed by atoms with Crippen LogP contribution >= 0.6 is 0 Å². The molecule has 0 heterocycles. The van der Waals surface area contributed by atoms with Crippen LogP contribution in [0.5, 0.6) is 0 Å². The summed E-state index contributed by atoms with van der Waals surface area (Å²) in [6.45, 7) is 14.8. The molecule has 0 radical (unpaired) electrons. The molecule has 0 aromatic rings. The number of allylic oxidation sites excluding steroid dienone is 4. The zero-order valence-corrected chi connectivity index (χ0v) is 23.3. The van der Waals surface area contributed by atoms with Crippen molar-refractivity contribution in [3.8, 4) is 6.07 Å². The summed E-state index contributed by atoms with van der Waals surface area (Å²) in [7, 11) is 0. The predicted molar refractivity (Wildman–Crippen MR) is 141 cm³/mol. The minimum Gasteiger partial charge on any atom is -0.299 e. The number of aldehydes is 1. The highest BCUT2D eigenvalue weighted by atomic mass is 16.2. The van der Waals surface area contributed by atoms with Crippen molar-refractivity contribution in [2.75, 3.05) is 0 Å². The summed E-state index contributed by atoms with van der Waals surface area (Å²) in [5.41, 5.74) is 1.87. The van der Waals surface area contributed by atoms with Gasteiger partial charge in [-0.1, -0.05) is 60.1 Å². The summed E-state index contributed by atoms with van der Waals surface area (Å²) in [6, 6.07) is 2.13. The fraction of sp³-hybridized carbons (Fsp3) is 0.733. The fourth-order valence-corrected chi connectivity index (χ4v) is 7.95. The van der Waals surface area contributed by atoms with Crippen LogP contribution < -0.4 is 11.3 Å². The quantitative estimate of drug-likeness (QED) is 0.170. The van der Waals surface area contributed by atoms with Gasteiger partial charge < -0.3 is 0 Å². The average Bonchev–Trinajstić information content (AvgIpc) is 2.82. The molecule has 1 amide bonds. The van der Waals surface area contributed by atoms with Gasteiger partial charge in [0.05, 0.1) is 11.0 Å². The van der Waals surface area contributed by atoms with Crippen molar-refractivity contribution >= 4 is 18.0 Å². The molecule has 6 heteroatoms. The van der Waals surface area contributed by atoms with Crippen LogP contribution in [0.25, 0.3) is 0 Å². The number of fused-ring (bicyclic) bond motifs is 1. The van der Waals surface area contributed by atoms with Gasteiger partial charge in [-0.25, -0.2) is 5.84 Å². The number of hydrogen-bond donors (Lipinski definition) is 2. The van der Waals surface area contributed by atoms with E-state index in [2.05, 4.69) is 46.1 Å². The molecular formula is C30H45N3O3. The Labute approximate surface area is 217 Å². The predicted octanol–water partition coefficient (Wildman–Crippen LogP) is 5.59. The zero-order chi connectivity index (χ0) is 27.2. The van der Waals surface area contributed by atoms with Gasteiger partial charge in [0.15, 0.2) is 5.78 Å². The Kier molecular flexibility index (Phi) is 7.52. The maximum Gasteiger partial charge on any atom is 0.240 e. The third-order valence-corrected chi connectivity index (χ3v) is 10.2. The summed E-state index contributed by atoms with van der Waals surface area (Å²) in [5.74, 6) is 5.79. The first-order chi connectivity index (χ1) is 16.6. The van der Waals surface area contributed by atoms with Gasteiger partial charge in [0.2, 0.25) is 5.91 Å². The second kappa shape index (κ2) is 9.56. The summed E-state index contributed by atoms with van der Waals surface area (Å²) in [5, 5.41) is 9.76. The Balaban J connectivity index is 1.97. The highest BCUT2D eigenvalue weighted by Crippen LogP contribution is 2.65. The number of ketones is 1. The molecule has 0 bridgehead atoms. The van der Waals surface area contributed by atoms with Crippen molar-refractivity contribution in [3.05, 3.63) is 23.3 Å². The van der Waals surface area contributed by atoms with E-state index in [0.717, 1.165) is 63.2 Å². The number of nitrogens with two attached hydrogens (primary N) is 1. The molecule has 1 unspecified atom stereocenters. The van der Waals surface area contributed by atoms with Gasteiger partial charge in [0.25, 0.3) is 0 Å². The fourth-order valence-electron chi connectivity index (χ4n) is 7.95. The highest BCUT2D eigenvalue weighted by molar-refractivity contribution is 6.04. The number of nitrogens with one attached hydrogen (secondary N) is 1. The Bertz CT molecular complexity index is 1020. The standard InChI is InChI=1S/C30H45N3O3/c1-26(2,3)15-16-30(25(36)33-32)13-8-21(9-14-30)28(6)12-10-22-27(4,5)24(35)20(19-31)18-29(22,7)23(28)11-17-34/h11,17-18,21-22H,8-10,12-16,32H2,1-7H3,(H,33,36)/b23-11+/t21?,22-,28?,29-,30?/m0/s1. The molecule has 0 spiro atoms. The monoisotopic (exact) mass is 495 g/mol. The van der Waals surface area contributed by atoms with Crippen molar-refractivity contribution < 1.29 is 14.4 Å². The number of hydrazine groups is 1. The Morgan fingerprint density at radius 1 is 1.17 bits per heavy atom.